The van der Waals surface area contributed by atoms with E-state index in [-0.39, 0.29) is 6.10 Å². The lowest BCUT2D eigenvalue weighted by Crippen LogP contribution is -2.40. The maximum atomic E-state index is 5.86. The highest BCUT2D eigenvalue weighted by molar-refractivity contribution is 5.65. The van der Waals surface area contributed by atoms with Crippen LogP contribution in [0.4, 0.5) is 11.4 Å². The molecule has 1 atom stereocenters. The Labute approximate surface area is 95.9 Å². The zero-order valence-electron chi connectivity index (χ0n) is 9.77. The van der Waals surface area contributed by atoms with Gasteiger partial charge in [-0.15, -0.1) is 0 Å². The molecule has 1 unspecified atom stereocenters. The van der Waals surface area contributed by atoms with Crippen molar-refractivity contribution >= 4 is 11.4 Å². The molecule has 0 radical (unpaired) electrons. The molecule has 0 aromatic heterocycles. The molecule has 0 fully saturated rings. The zero-order valence-corrected chi connectivity index (χ0v) is 9.77. The first-order valence-corrected chi connectivity index (χ1v) is 5.54. The molecule has 1 aromatic carbocycles. The minimum Gasteiger partial charge on any atom is -0.486 e. The Morgan fingerprint density at radius 1 is 1.56 bits per heavy atom. The molecule has 0 saturated carbocycles. The van der Waals surface area contributed by atoms with Gasteiger partial charge in [0.2, 0.25) is 0 Å². The van der Waals surface area contributed by atoms with Crippen LogP contribution in [0.25, 0.3) is 0 Å². The van der Waals surface area contributed by atoms with E-state index in [4.69, 9.17) is 15.2 Å². The van der Waals surface area contributed by atoms with Crippen LogP contribution in [0.2, 0.25) is 0 Å². The molecule has 88 valence electrons. The van der Waals surface area contributed by atoms with E-state index < -0.39 is 0 Å². The van der Waals surface area contributed by atoms with E-state index in [1.54, 1.807) is 7.11 Å². The van der Waals surface area contributed by atoms with Gasteiger partial charge in [-0.2, -0.15) is 0 Å². The highest BCUT2D eigenvalue weighted by Crippen LogP contribution is 2.35. The van der Waals surface area contributed by atoms with Gasteiger partial charge in [-0.1, -0.05) is 6.92 Å². The number of benzene rings is 1. The van der Waals surface area contributed by atoms with Crippen LogP contribution < -0.4 is 15.4 Å². The molecule has 0 aliphatic carbocycles. The second-order valence-corrected chi connectivity index (χ2v) is 4.02. The van der Waals surface area contributed by atoms with Crippen LogP contribution in [-0.2, 0) is 4.74 Å². The van der Waals surface area contributed by atoms with Gasteiger partial charge in [0.1, 0.15) is 18.6 Å². The summed E-state index contributed by atoms with van der Waals surface area (Å²) in [5.74, 6) is 0.857. The second-order valence-electron chi connectivity index (χ2n) is 4.02. The summed E-state index contributed by atoms with van der Waals surface area (Å²) in [7, 11) is 1.70. The molecule has 0 saturated heterocycles. The molecule has 1 aliphatic rings. The molecule has 1 aliphatic heterocycles. The average Bonchev–Trinajstić information content (AvgIpc) is 2.28. The van der Waals surface area contributed by atoms with Gasteiger partial charge in [0, 0.05) is 18.9 Å². The van der Waals surface area contributed by atoms with Crippen LogP contribution in [0.1, 0.15) is 13.3 Å². The van der Waals surface area contributed by atoms with Crippen molar-refractivity contribution in [3.63, 3.8) is 0 Å². The molecule has 4 heteroatoms. The Hall–Kier alpha value is -1.42. The van der Waals surface area contributed by atoms with Crippen LogP contribution in [0.3, 0.4) is 0 Å². The van der Waals surface area contributed by atoms with Gasteiger partial charge in [0.05, 0.1) is 12.2 Å². The lowest BCUT2D eigenvalue weighted by molar-refractivity contribution is 0.150. The monoisotopic (exact) mass is 222 g/mol. The number of anilines is 2. The van der Waals surface area contributed by atoms with Gasteiger partial charge in [0.15, 0.2) is 0 Å². The SMILES string of the molecule is CCC1CN(COC)c2ccc(N)cc2O1. The van der Waals surface area contributed by atoms with Gasteiger partial charge in [-0.3, -0.25) is 0 Å². The van der Waals surface area contributed by atoms with E-state index >= 15 is 0 Å². The number of hydrogen-bond donors (Lipinski definition) is 1. The maximum Gasteiger partial charge on any atom is 0.145 e. The zero-order chi connectivity index (χ0) is 11.5. The largest absolute Gasteiger partial charge is 0.486 e. The summed E-state index contributed by atoms with van der Waals surface area (Å²) in [5, 5.41) is 0. The Kier molecular flexibility index (Phi) is 3.19. The van der Waals surface area contributed by atoms with Gasteiger partial charge >= 0.3 is 0 Å². The van der Waals surface area contributed by atoms with Crippen molar-refractivity contribution in [3.8, 4) is 5.75 Å². The van der Waals surface area contributed by atoms with Crippen molar-refractivity contribution in [2.24, 2.45) is 0 Å². The topological polar surface area (TPSA) is 47.7 Å². The van der Waals surface area contributed by atoms with Crippen molar-refractivity contribution in [3.05, 3.63) is 18.2 Å². The summed E-state index contributed by atoms with van der Waals surface area (Å²) in [4.78, 5) is 2.17. The number of nitrogens with two attached hydrogens (primary N) is 1. The normalized spacial score (nSPS) is 19.1. The third-order valence-electron chi connectivity index (χ3n) is 2.78. The van der Waals surface area contributed by atoms with E-state index in [0.29, 0.717) is 6.73 Å². The van der Waals surface area contributed by atoms with Crippen LogP contribution in [0.15, 0.2) is 18.2 Å². The molecule has 2 N–H and O–H groups in total. The average molecular weight is 222 g/mol. The number of methoxy groups -OCH3 is 1. The summed E-state index contributed by atoms with van der Waals surface area (Å²) in [6, 6.07) is 5.74. The van der Waals surface area contributed by atoms with Crippen molar-refractivity contribution in [1.29, 1.82) is 0 Å². The predicted molar refractivity (Wildman–Crippen MR) is 64.8 cm³/mol. The fourth-order valence-electron chi connectivity index (χ4n) is 1.94. The molecule has 0 amide bonds. The van der Waals surface area contributed by atoms with Crippen LogP contribution in [0, 0.1) is 0 Å². The Morgan fingerprint density at radius 2 is 2.38 bits per heavy atom. The Morgan fingerprint density at radius 3 is 3.06 bits per heavy atom. The number of ether oxygens (including phenoxy) is 2. The minimum absolute atomic E-state index is 0.212. The number of nitrogen functional groups attached to an aromatic ring is 1. The molecule has 4 nitrogen and oxygen atoms in total. The molecular formula is C12H18N2O2. The lowest BCUT2D eigenvalue weighted by Gasteiger charge is -2.35. The first kappa shape index (κ1) is 11.1. The van der Waals surface area contributed by atoms with Crippen molar-refractivity contribution < 1.29 is 9.47 Å². The smallest absolute Gasteiger partial charge is 0.145 e. The van der Waals surface area contributed by atoms with Crippen molar-refractivity contribution in [1.82, 2.24) is 0 Å². The van der Waals surface area contributed by atoms with E-state index in [1.807, 2.05) is 18.2 Å². The fourth-order valence-corrected chi connectivity index (χ4v) is 1.94. The van der Waals surface area contributed by atoms with E-state index in [1.165, 1.54) is 0 Å². The van der Waals surface area contributed by atoms with Crippen LogP contribution in [-0.4, -0.2) is 26.5 Å². The number of fused-ring (bicyclic) bond motifs is 1. The van der Waals surface area contributed by atoms with Crippen molar-refractivity contribution in [2.75, 3.05) is 31.0 Å². The summed E-state index contributed by atoms with van der Waals surface area (Å²) in [6.07, 6.45) is 1.19. The van der Waals surface area contributed by atoms with Crippen molar-refractivity contribution in [2.45, 2.75) is 19.4 Å². The molecule has 2 rings (SSSR count). The third kappa shape index (κ3) is 2.07. The number of hydrogen-bond acceptors (Lipinski definition) is 4. The van der Waals surface area contributed by atoms with Gasteiger partial charge in [0.25, 0.3) is 0 Å². The van der Waals surface area contributed by atoms with E-state index in [0.717, 1.165) is 30.1 Å². The molecule has 1 aromatic rings. The highest BCUT2D eigenvalue weighted by Gasteiger charge is 2.24. The highest BCUT2D eigenvalue weighted by atomic mass is 16.5. The lowest BCUT2D eigenvalue weighted by atomic mass is 10.1. The predicted octanol–water partition coefficient (Wildman–Crippen LogP) is 1.85. The summed E-state index contributed by atoms with van der Waals surface area (Å²) < 4.78 is 11.1. The summed E-state index contributed by atoms with van der Waals surface area (Å²) in [6.45, 7) is 3.56. The van der Waals surface area contributed by atoms with Gasteiger partial charge in [-0.25, -0.2) is 0 Å². The standard InChI is InChI=1S/C12H18N2O2/c1-3-10-7-14(8-15-2)11-5-4-9(13)6-12(11)16-10/h4-6,10H,3,7-8,13H2,1-2H3. The first-order chi connectivity index (χ1) is 7.74. The fraction of sp³-hybridized carbons (Fsp3) is 0.500. The molecule has 1 heterocycles. The first-order valence-electron chi connectivity index (χ1n) is 5.54. The second kappa shape index (κ2) is 4.61. The van der Waals surface area contributed by atoms with E-state index in [9.17, 15) is 0 Å². The Balaban J connectivity index is 2.30. The molecule has 16 heavy (non-hydrogen) atoms. The third-order valence-corrected chi connectivity index (χ3v) is 2.78. The van der Waals surface area contributed by atoms with Gasteiger partial charge < -0.3 is 20.1 Å². The molecule has 0 bridgehead atoms. The molecule has 0 spiro atoms. The van der Waals surface area contributed by atoms with Gasteiger partial charge in [-0.05, 0) is 18.6 Å². The van der Waals surface area contributed by atoms with Crippen LogP contribution in [0.5, 0.6) is 5.75 Å². The summed E-state index contributed by atoms with van der Waals surface area (Å²) >= 11 is 0. The Bertz CT molecular complexity index is 368. The minimum atomic E-state index is 0.212. The maximum absolute atomic E-state index is 5.86. The molecular weight excluding hydrogens is 204 g/mol. The number of rotatable bonds is 3. The van der Waals surface area contributed by atoms with E-state index in [2.05, 4.69) is 11.8 Å². The summed E-state index contributed by atoms with van der Waals surface area (Å²) in [5.41, 5.74) is 7.54. The number of nitrogens with zero attached hydrogens (tertiary/aromatic N) is 1. The van der Waals surface area contributed by atoms with Crippen LogP contribution >= 0.6 is 0 Å². The quantitative estimate of drug-likeness (QED) is 0.793.